The van der Waals surface area contributed by atoms with Gasteiger partial charge < -0.3 is 19.0 Å². The van der Waals surface area contributed by atoms with Crippen molar-refractivity contribution < 1.29 is 9.84 Å². The number of aliphatic hydroxyl groups excluding tert-OH is 1. The van der Waals surface area contributed by atoms with Gasteiger partial charge in [0.05, 0.1) is 24.1 Å². The van der Waals surface area contributed by atoms with Gasteiger partial charge in [0.2, 0.25) is 5.62 Å². The number of nitrogens with one attached hydrogen (secondary N) is 1. The van der Waals surface area contributed by atoms with Crippen LogP contribution in [0.5, 0.6) is 5.75 Å². The van der Waals surface area contributed by atoms with Gasteiger partial charge in [-0.3, -0.25) is 5.41 Å². The fraction of sp³-hybridized carbons (Fsp3) is 0.174. The van der Waals surface area contributed by atoms with E-state index in [-0.39, 0.29) is 13.2 Å². The molecule has 0 fully saturated rings. The molecule has 1 aromatic heterocycles. The SMILES string of the molecule is N=c1n(Cc2ccccc2)c2ccccc2n1C[C@@H](O)COc1ccc(Cl)cc1. The second kappa shape index (κ2) is 8.55. The van der Waals surface area contributed by atoms with Crippen molar-refractivity contribution in [3.63, 3.8) is 0 Å². The van der Waals surface area contributed by atoms with Crippen LogP contribution in [0.4, 0.5) is 0 Å². The molecule has 0 spiro atoms. The molecule has 2 N–H and O–H groups in total. The highest BCUT2D eigenvalue weighted by atomic mass is 35.5. The molecule has 5 nitrogen and oxygen atoms in total. The summed E-state index contributed by atoms with van der Waals surface area (Å²) in [4.78, 5) is 0. The highest BCUT2D eigenvalue weighted by molar-refractivity contribution is 6.30. The van der Waals surface area contributed by atoms with Crippen molar-refractivity contribution >= 4 is 22.6 Å². The van der Waals surface area contributed by atoms with Crippen molar-refractivity contribution in [2.75, 3.05) is 6.61 Å². The highest BCUT2D eigenvalue weighted by Crippen LogP contribution is 2.17. The summed E-state index contributed by atoms with van der Waals surface area (Å²) in [6.07, 6.45) is -0.754. The molecule has 0 unspecified atom stereocenters. The maximum atomic E-state index is 10.5. The molecule has 6 heteroatoms. The summed E-state index contributed by atoms with van der Waals surface area (Å²) < 4.78 is 9.44. The van der Waals surface area contributed by atoms with E-state index in [1.165, 1.54) is 0 Å². The summed E-state index contributed by atoms with van der Waals surface area (Å²) in [6.45, 7) is 1.01. The van der Waals surface area contributed by atoms with Gasteiger partial charge >= 0.3 is 0 Å². The van der Waals surface area contributed by atoms with Crippen LogP contribution >= 0.6 is 11.6 Å². The van der Waals surface area contributed by atoms with Gasteiger partial charge in [-0.05, 0) is 42.0 Å². The molecule has 0 radical (unpaired) electrons. The van der Waals surface area contributed by atoms with E-state index in [4.69, 9.17) is 21.7 Å². The van der Waals surface area contributed by atoms with Crippen LogP contribution in [0.3, 0.4) is 0 Å². The Morgan fingerprint density at radius 1 is 0.862 bits per heavy atom. The lowest BCUT2D eigenvalue weighted by atomic mass is 10.2. The third-order valence-electron chi connectivity index (χ3n) is 4.81. The molecule has 0 saturated carbocycles. The van der Waals surface area contributed by atoms with Crippen LogP contribution in [0.2, 0.25) is 5.02 Å². The van der Waals surface area contributed by atoms with Gasteiger partial charge in [-0.25, -0.2) is 0 Å². The van der Waals surface area contributed by atoms with Crippen LogP contribution in [0.15, 0.2) is 78.9 Å². The number of imidazole rings is 1. The number of para-hydroxylation sites is 2. The molecule has 3 aromatic carbocycles. The van der Waals surface area contributed by atoms with E-state index in [1.54, 1.807) is 24.3 Å². The van der Waals surface area contributed by atoms with Crippen LogP contribution in [-0.4, -0.2) is 27.0 Å². The molecule has 1 atom stereocenters. The number of nitrogens with zero attached hydrogens (tertiary/aromatic N) is 2. The zero-order chi connectivity index (χ0) is 20.2. The molecule has 0 aliphatic heterocycles. The first-order valence-corrected chi connectivity index (χ1v) is 9.82. The first-order valence-electron chi connectivity index (χ1n) is 9.45. The lowest BCUT2D eigenvalue weighted by molar-refractivity contribution is 0.0921. The van der Waals surface area contributed by atoms with E-state index >= 15 is 0 Å². The summed E-state index contributed by atoms with van der Waals surface area (Å²) >= 11 is 5.88. The number of fused-ring (bicyclic) bond motifs is 1. The molecule has 0 aliphatic rings. The molecule has 4 aromatic rings. The zero-order valence-electron chi connectivity index (χ0n) is 15.8. The predicted molar refractivity (Wildman–Crippen MR) is 114 cm³/mol. The Bertz CT molecular complexity index is 1150. The van der Waals surface area contributed by atoms with Crippen molar-refractivity contribution in [1.29, 1.82) is 5.41 Å². The van der Waals surface area contributed by atoms with E-state index < -0.39 is 6.10 Å². The standard InChI is InChI=1S/C23H22ClN3O2/c24-18-10-12-20(13-11-18)29-16-19(28)15-27-22-9-5-4-8-21(22)26(23(27)25)14-17-6-2-1-3-7-17/h1-13,19,25,28H,14-16H2/t19-/m1/s1. The van der Waals surface area contributed by atoms with Crippen molar-refractivity contribution in [1.82, 2.24) is 9.13 Å². The molecule has 0 amide bonds. The van der Waals surface area contributed by atoms with Gasteiger partial charge in [0, 0.05) is 5.02 Å². The van der Waals surface area contributed by atoms with Crippen LogP contribution < -0.4 is 10.4 Å². The quantitative estimate of drug-likeness (QED) is 0.485. The minimum atomic E-state index is -0.754. The smallest absolute Gasteiger partial charge is 0.203 e. The molecule has 29 heavy (non-hydrogen) atoms. The first kappa shape index (κ1) is 19.3. The predicted octanol–water partition coefficient (Wildman–Crippen LogP) is 4.06. The summed E-state index contributed by atoms with van der Waals surface area (Å²) in [7, 11) is 0. The number of hydrogen-bond donors (Lipinski definition) is 2. The number of halogens is 1. The van der Waals surface area contributed by atoms with Crippen LogP contribution in [-0.2, 0) is 13.1 Å². The van der Waals surface area contributed by atoms with E-state index in [0.717, 1.165) is 16.6 Å². The average molecular weight is 408 g/mol. The molecule has 0 aliphatic carbocycles. The van der Waals surface area contributed by atoms with Crippen molar-refractivity contribution in [2.24, 2.45) is 0 Å². The van der Waals surface area contributed by atoms with E-state index in [1.807, 2.05) is 63.7 Å². The maximum absolute atomic E-state index is 10.5. The molecule has 0 bridgehead atoms. The topological polar surface area (TPSA) is 63.2 Å². The van der Waals surface area contributed by atoms with Crippen molar-refractivity contribution in [2.45, 2.75) is 19.2 Å². The van der Waals surface area contributed by atoms with Crippen LogP contribution in [0.25, 0.3) is 11.0 Å². The molecular formula is C23H22ClN3O2. The first-order chi connectivity index (χ1) is 14.1. The molecule has 1 heterocycles. The van der Waals surface area contributed by atoms with Gasteiger partial charge in [0.1, 0.15) is 18.5 Å². The second-order valence-electron chi connectivity index (χ2n) is 6.91. The van der Waals surface area contributed by atoms with Gasteiger partial charge in [-0.1, -0.05) is 54.1 Å². The Morgan fingerprint density at radius 3 is 2.17 bits per heavy atom. The average Bonchev–Trinajstić information content (AvgIpc) is 3.00. The number of aromatic nitrogens is 2. The minimum absolute atomic E-state index is 0.131. The van der Waals surface area contributed by atoms with E-state index in [2.05, 4.69) is 0 Å². The Morgan fingerprint density at radius 2 is 1.48 bits per heavy atom. The lowest BCUT2D eigenvalue weighted by Gasteiger charge is -2.14. The fourth-order valence-electron chi connectivity index (χ4n) is 3.39. The largest absolute Gasteiger partial charge is 0.491 e. The second-order valence-corrected chi connectivity index (χ2v) is 7.35. The minimum Gasteiger partial charge on any atom is -0.491 e. The maximum Gasteiger partial charge on any atom is 0.203 e. The fourth-order valence-corrected chi connectivity index (χ4v) is 3.52. The van der Waals surface area contributed by atoms with Gasteiger partial charge in [-0.2, -0.15) is 0 Å². The van der Waals surface area contributed by atoms with Crippen molar-refractivity contribution in [3.05, 3.63) is 95.1 Å². The number of aliphatic hydroxyl groups is 1. The monoisotopic (exact) mass is 407 g/mol. The summed E-state index contributed by atoms with van der Waals surface area (Å²) in [6, 6.07) is 25.0. The lowest BCUT2D eigenvalue weighted by Crippen LogP contribution is -2.31. The number of hydrogen-bond acceptors (Lipinski definition) is 3. The summed E-state index contributed by atoms with van der Waals surface area (Å²) in [5.74, 6) is 0.649. The Kier molecular flexibility index (Phi) is 5.69. The molecular weight excluding hydrogens is 386 g/mol. The third kappa shape index (κ3) is 4.36. The Balaban J connectivity index is 1.56. The van der Waals surface area contributed by atoms with Gasteiger partial charge in [-0.15, -0.1) is 0 Å². The Hall–Kier alpha value is -3.02. The number of benzene rings is 3. The van der Waals surface area contributed by atoms with Crippen molar-refractivity contribution in [3.8, 4) is 5.75 Å². The summed E-state index contributed by atoms with van der Waals surface area (Å²) in [5, 5.41) is 19.9. The molecule has 0 saturated heterocycles. The Labute approximate surface area is 173 Å². The molecule has 148 valence electrons. The van der Waals surface area contributed by atoms with Gasteiger partial charge in [0.15, 0.2) is 0 Å². The normalized spacial score (nSPS) is 12.2. The third-order valence-corrected chi connectivity index (χ3v) is 5.06. The molecule has 4 rings (SSSR count). The highest BCUT2D eigenvalue weighted by Gasteiger charge is 2.14. The van der Waals surface area contributed by atoms with Crippen LogP contribution in [0.1, 0.15) is 5.56 Å². The zero-order valence-corrected chi connectivity index (χ0v) is 16.6. The van der Waals surface area contributed by atoms with E-state index in [0.29, 0.717) is 22.9 Å². The van der Waals surface area contributed by atoms with Gasteiger partial charge in [0.25, 0.3) is 0 Å². The number of ether oxygens (including phenoxy) is 1. The summed E-state index contributed by atoms with van der Waals surface area (Å²) in [5.41, 5.74) is 3.35. The van der Waals surface area contributed by atoms with E-state index in [9.17, 15) is 5.11 Å². The van der Waals surface area contributed by atoms with Crippen LogP contribution in [0, 0.1) is 5.41 Å². The number of rotatable bonds is 7.